The van der Waals surface area contributed by atoms with Crippen molar-refractivity contribution >= 4 is 54.8 Å². The van der Waals surface area contributed by atoms with Gasteiger partial charge in [-0.25, -0.2) is 9.97 Å². The monoisotopic (exact) mass is 437 g/mol. The van der Waals surface area contributed by atoms with Crippen LogP contribution in [0.25, 0.3) is 21.3 Å². The van der Waals surface area contributed by atoms with E-state index in [4.69, 9.17) is 0 Å². The van der Waals surface area contributed by atoms with E-state index in [9.17, 15) is 4.79 Å². The molecule has 0 saturated heterocycles. The summed E-state index contributed by atoms with van der Waals surface area (Å²) >= 11 is 5.15. The lowest BCUT2D eigenvalue weighted by Gasteiger charge is -2.09. The van der Waals surface area contributed by atoms with E-state index in [0.29, 0.717) is 5.56 Å². The number of carbonyl (C=O) groups excluding carboxylic acids is 1. The molecule has 2 aromatic carbocycles. The van der Waals surface area contributed by atoms with E-state index in [1.165, 1.54) is 4.88 Å². The number of Topliss-reactive ketones (excluding diaryl/α,β-unsaturated/α-hetero) is 1. The molecule has 0 amide bonds. The Morgan fingerprint density at radius 3 is 2.41 bits per heavy atom. The minimum Gasteiger partial charge on any atom is -0.340 e. The molecule has 1 N–H and O–H groups in total. The highest BCUT2D eigenvalue weighted by molar-refractivity contribution is 9.10. The number of fused-ring (bicyclic) bond motifs is 1. The van der Waals surface area contributed by atoms with E-state index in [2.05, 4.69) is 50.3 Å². The summed E-state index contributed by atoms with van der Waals surface area (Å²) in [5, 5.41) is 4.39. The van der Waals surface area contributed by atoms with Crippen LogP contribution in [0.3, 0.4) is 0 Å². The average molecular weight is 438 g/mol. The fourth-order valence-corrected chi connectivity index (χ4v) is 4.31. The number of rotatable bonds is 4. The van der Waals surface area contributed by atoms with E-state index < -0.39 is 0 Å². The van der Waals surface area contributed by atoms with Crippen LogP contribution >= 0.6 is 27.3 Å². The Bertz CT molecular complexity index is 1130. The molecule has 0 spiro atoms. The molecule has 0 saturated carbocycles. The van der Waals surface area contributed by atoms with Crippen LogP contribution < -0.4 is 5.32 Å². The van der Waals surface area contributed by atoms with Gasteiger partial charge in [-0.2, -0.15) is 0 Å². The number of nitrogens with zero attached hydrogens (tertiary/aromatic N) is 2. The Balaban J connectivity index is 1.81. The molecule has 0 unspecified atom stereocenters. The Morgan fingerprint density at radius 2 is 1.74 bits per heavy atom. The molecule has 6 heteroatoms. The average Bonchev–Trinajstić information content (AvgIpc) is 3.00. The lowest BCUT2D eigenvalue weighted by atomic mass is 10.0. The van der Waals surface area contributed by atoms with Gasteiger partial charge in [0.1, 0.15) is 17.0 Å². The van der Waals surface area contributed by atoms with Crippen molar-refractivity contribution in [2.24, 2.45) is 0 Å². The highest BCUT2D eigenvalue weighted by atomic mass is 79.9. The van der Waals surface area contributed by atoms with E-state index in [1.54, 1.807) is 24.6 Å². The van der Waals surface area contributed by atoms with Gasteiger partial charge in [-0.3, -0.25) is 4.79 Å². The smallest absolute Gasteiger partial charge is 0.159 e. The molecule has 0 aliphatic carbocycles. The van der Waals surface area contributed by atoms with Gasteiger partial charge in [-0.15, -0.1) is 11.3 Å². The first kappa shape index (κ1) is 17.8. The van der Waals surface area contributed by atoms with Crippen LogP contribution in [0.4, 0.5) is 11.5 Å². The molecule has 134 valence electrons. The molecule has 4 aromatic rings. The Kier molecular flexibility index (Phi) is 4.76. The Hall–Kier alpha value is -2.57. The summed E-state index contributed by atoms with van der Waals surface area (Å²) in [5.74, 6) is 0.815. The maximum Gasteiger partial charge on any atom is 0.159 e. The number of nitrogens with one attached hydrogen (secondary N) is 1. The van der Waals surface area contributed by atoms with Crippen LogP contribution in [0, 0.1) is 6.92 Å². The summed E-state index contributed by atoms with van der Waals surface area (Å²) < 4.78 is 1.04. The summed E-state index contributed by atoms with van der Waals surface area (Å²) in [6.07, 6.45) is 1.58. The maximum absolute atomic E-state index is 11.5. The number of aromatic nitrogens is 2. The quantitative estimate of drug-likeness (QED) is 0.376. The van der Waals surface area contributed by atoms with Crippen LogP contribution in [0.1, 0.15) is 22.2 Å². The third kappa shape index (κ3) is 3.50. The zero-order chi connectivity index (χ0) is 19.0. The highest BCUT2D eigenvalue weighted by Gasteiger charge is 2.17. The van der Waals surface area contributed by atoms with Gasteiger partial charge in [0.15, 0.2) is 5.78 Å². The van der Waals surface area contributed by atoms with Crippen LogP contribution in [-0.2, 0) is 0 Å². The molecule has 4 nitrogen and oxygen atoms in total. The molecule has 4 rings (SSSR count). The molecule has 2 aromatic heterocycles. The van der Waals surface area contributed by atoms with Crippen molar-refractivity contribution < 1.29 is 4.79 Å². The first-order valence-electron chi connectivity index (χ1n) is 8.41. The molecule has 27 heavy (non-hydrogen) atoms. The van der Waals surface area contributed by atoms with E-state index in [-0.39, 0.29) is 5.78 Å². The van der Waals surface area contributed by atoms with Gasteiger partial charge in [0.25, 0.3) is 0 Å². The van der Waals surface area contributed by atoms with E-state index >= 15 is 0 Å². The Labute approximate surface area is 169 Å². The summed E-state index contributed by atoms with van der Waals surface area (Å²) in [4.78, 5) is 22.6. The van der Waals surface area contributed by atoms with Crippen molar-refractivity contribution in [2.45, 2.75) is 13.8 Å². The number of ketones is 1. The van der Waals surface area contributed by atoms with E-state index in [0.717, 1.165) is 37.3 Å². The fourth-order valence-electron chi connectivity index (χ4n) is 3.03. The van der Waals surface area contributed by atoms with Crippen molar-refractivity contribution in [1.82, 2.24) is 9.97 Å². The number of aryl methyl sites for hydroxylation is 1. The minimum atomic E-state index is 0.0527. The predicted molar refractivity (Wildman–Crippen MR) is 115 cm³/mol. The van der Waals surface area contributed by atoms with Gasteiger partial charge in [-0.1, -0.05) is 28.1 Å². The number of benzene rings is 2. The second kappa shape index (κ2) is 7.21. The van der Waals surface area contributed by atoms with Gasteiger partial charge in [-0.05, 0) is 55.8 Å². The topological polar surface area (TPSA) is 54.9 Å². The van der Waals surface area contributed by atoms with E-state index in [1.807, 2.05) is 36.4 Å². The molecular formula is C21H16BrN3OS. The SMILES string of the molecule is CC(=O)c1ccc(Nc2ncnc3sc(C)c(-c4ccc(Br)cc4)c23)cc1. The fraction of sp³-hybridized carbons (Fsp3) is 0.0952. The van der Waals surface area contributed by atoms with Crippen molar-refractivity contribution in [1.29, 1.82) is 0 Å². The summed E-state index contributed by atoms with van der Waals surface area (Å²) in [6, 6.07) is 15.7. The third-order valence-electron chi connectivity index (χ3n) is 4.35. The minimum absolute atomic E-state index is 0.0527. The standard InChI is InChI=1S/C21H16BrN3OS/c1-12(26)14-5-9-17(10-6-14)25-20-19-18(15-3-7-16(22)8-4-15)13(2)27-21(19)24-11-23-20/h3-11H,1-2H3,(H,23,24,25). The van der Waals surface area contributed by atoms with Gasteiger partial charge >= 0.3 is 0 Å². The molecule has 0 bridgehead atoms. The molecule has 0 fully saturated rings. The highest BCUT2D eigenvalue weighted by Crippen LogP contribution is 2.41. The van der Waals surface area contributed by atoms with Crippen molar-refractivity contribution in [3.63, 3.8) is 0 Å². The molecule has 0 aliphatic rings. The van der Waals surface area contributed by atoms with Crippen LogP contribution in [0.2, 0.25) is 0 Å². The number of hydrogen-bond donors (Lipinski definition) is 1. The summed E-state index contributed by atoms with van der Waals surface area (Å²) in [6.45, 7) is 3.67. The largest absolute Gasteiger partial charge is 0.340 e. The van der Waals surface area contributed by atoms with Crippen molar-refractivity contribution in [3.8, 4) is 11.1 Å². The van der Waals surface area contributed by atoms with Crippen LogP contribution in [0.5, 0.6) is 0 Å². The van der Waals surface area contributed by atoms with Crippen LogP contribution in [-0.4, -0.2) is 15.8 Å². The zero-order valence-corrected chi connectivity index (χ0v) is 17.2. The number of hydrogen-bond acceptors (Lipinski definition) is 5. The van der Waals surface area contributed by atoms with Gasteiger partial charge < -0.3 is 5.32 Å². The van der Waals surface area contributed by atoms with Gasteiger partial charge in [0.2, 0.25) is 0 Å². The number of thiophene rings is 1. The predicted octanol–water partition coefficient (Wildman–Crippen LogP) is 6.38. The van der Waals surface area contributed by atoms with Crippen LogP contribution in [0.15, 0.2) is 59.3 Å². The second-order valence-electron chi connectivity index (χ2n) is 6.20. The van der Waals surface area contributed by atoms with Crippen molar-refractivity contribution in [2.75, 3.05) is 5.32 Å². The van der Waals surface area contributed by atoms with Crippen molar-refractivity contribution in [3.05, 3.63) is 69.8 Å². The lowest BCUT2D eigenvalue weighted by molar-refractivity contribution is 0.101. The number of carbonyl (C=O) groups is 1. The molecule has 0 aliphatic heterocycles. The molecule has 0 atom stereocenters. The summed E-state index contributed by atoms with van der Waals surface area (Å²) in [5.41, 5.74) is 3.85. The maximum atomic E-state index is 11.5. The number of halogens is 1. The molecule has 2 heterocycles. The molecule has 0 radical (unpaired) electrons. The first-order valence-corrected chi connectivity index (χ1v) is 10.0. The number of anilines is 2. The zero-order valence-electron chi connectivity index (χ0n) is 14.8. The first-order chi connectivity index (χ1) is 13.0. The third-order valence-corrected chi connectivity index (χ3v) is 5.89. The Morgan fingerprint density at radius 1 is 1.04 bits per heavy atom. The second-order valence-corrected chi connectivity index (χ2v) is 8.32. The van der Waals surface area contributed by atoms with Gasteiger partial charge in [0.05, 0.1) is 5.39 Å². The lowest BCUT2D eigenvalue weighted by Crippen LogP contribution is -1.97. The summed E-state index contributed by atoms with van der Waals surface area (Å²) in [7, 11) is 0. The normalized spacial score (nSPS) is 10.9. The molecular weight excluding hydrogens is 422 g/mol. The van der Waals surface area contributed by atoms with Gasteiger partial charge in [0, 0.05) is 26.2 Å².